The number of benzene rings is 1. The van der Waals surface area contributed by atoms with Crippen LogP contribution in [0.2, 0.25) is 0 Å². The van der Waals surface area contributed by atoms with E-state index in [2.05, 4.69) is 13.8 Å². The zero-order valence-electron chi connectivity index (χ0n) is 19.5. The van der Waals surface area contributed by atoms with Crippen LogP contribution in [-0.4, -0.2) is 53.8 Å². The van der Waals surface area contributed by atoms with E-state index in [4.69, 9.17) is 4.74 Å². The SMILES string of the molecule is CCOC(=O)[C@@H]1CCCN(C(=O)[C@H]2c3ccccc3C(=O)N(CC(C)C)[C@H]2c2cccs2)C1. The van der Waals surface area contributed by atoms with E-state index in [1.807, 2.05) is 51.6 Å². The van der Waals surface area contributed by atoms with E-state index in [1.165, 1.54) is 0 Å². The standard InChI is InChI=1S/C26H32N2O4S/c1-4-32-26(31)18-9-7-13-27(16-18)25(30)22-19-10-5-6-11-20(19)24(29)28(15-17(2)3)23(22)21-12-8-14-33-21/h5-6,8,10-12,14,17-18,22-23H,4,7,9,13,15-16H2,1-3H3/t18-,22+,23+/m1/s1. The Kier molecular flexibility index (Phi) is 7.17. The lowest BCUT2D eigenvalue weighted by molar-refractivity contribution is -0.151. The molecule has 0 aliphatic carbocycles. The number of carbonyl (C=O) groups excluding carboxylic acids is 3. The van der Waals surface area contributed by atoms with Crippen molar-refractivity contribution in [1.82, 2.24) is 9.80 Å². The van der Waals surface area contributed by atoms with Crippen LogP contribution in [0.25, 0.3) is 0 Å². The Morgan fingerprint density at radius 3 is 2.67 bits per heavy atom. The molecule has 3 heterocycles. The lowest BCUT2D eigenvalue weighted by Gasteiger charge is -2.44. The maximum atomic E-state index is 14.1. The van der Waals surface area contributed by atoms with Gasteiger partial charge in [-0.2, -0.15) is 0 Å². The van der Waals surface area contributed by atoms with Gasteiger partial charge in [0.15, 0.2) is 0 Å². The molecule has 0 radical (unpaired) electrons. The first-order valence-electron chi connectivity index (χ1n) is 11.8. The lowest BCUT2D eigenvalue weighted by Crippen LogP contribution is -2.51. The Labute approximate surface area is 199 Å². The number of fused-ring (bicyclic) bond motifs is 1. The number of ether oxygens (including phenoxy) is 1. The first kappa shape index (κ1) is 23.5. The summed E-state index contributed by atoms with van der Waals surface area (Å²) in [5, 5.41) is 1.99. The van der Waals surface area contributed by atoms with E-state index in [0.717, 1.165) is 23.3 Å². The van der Waals surface area contributed by atoms with Crippen molar-refractivity contribution in [2.45, 2.75) is 45.6 Å². The fraction of sp³-hybridized carbons (Fsp3) is 0.500. The van der Waals surface area contributed by atoms with Gasteiger partial charge in [0.25, 0.3) is 5.91 Å². The Hall–Kier alpha value is -2.67. The van der Waals surface area contributed by atoms with E-state index < -0.39 is 5.92 Å². The van der Waals surface area contributed by atoms with Crippen LogP contribution in [0.15, 0.2) is 41.8 Å². The van der Waals surface area contributed by atoms with E-state index in [9.17, 15) is 14.4 Å². The van der Waals surface area contributed by atoms with Gasteiger partial charge in [-0.1, -0.05) is 38.1 Å². The molecule has 6 nitrogen and oxygen atoms in total. The largest absolute Gasteiger partial charge is 0.466 e. The summed E-state index contributed by atoms with van der Waals surface area (Å²) in [6.45, 7) is 7.87. The van der Waals surface area contributed by atoms with Gasteiger partial charge in [0.1, 0.15) is 0 Å². The van der Waals surface area contributed by atoms with E-state index in [-0.39, 0.29) is 35.7 Å². The number of rotatable bonds is 6. The van der Waals surface area contributed by atoms with Gasteiger partial charge in [-0.05, 0) is 48.8 Å². The van der Waals surface area contributed by atoms with Crippen LogP contribution in [0.4, 0.5) is 0 Å². The number of nitrogens with zero attached hydrogens (tertiary/aromatic N) is 2. The molecule has 33 heavy (non-hydrogen) atoms. The summed E-state index contributed by atoms with van der Waals surface area (Å²) >= 11 is 1.58. The van der Waals surface area contributed by atoms with Crippen molar-refractivity contribution in [1.29, 1.82) is 0 Å². The van der Waals surface area contributed by atoms with Crippen LogP contribution in [0.5, 0.6) is 0 Å². The molecule has 1 aromatic carbocycles. The number of carbonyl (C=O) groups is 3. The van der Waals surface area contributed by atoms with Crippen LogP contribution >= 0.6 is 11.3 Å². The van der Waals surface area contributed by atoms with E-state index >= 15 is 0 Å². The molecule has 1 aromatic heterocycles. The highest BCUT2D eigenvalue weighted by atomic mass is 32.1. The highest BCUT2D eigenvalue weighted by Gasteiger charge is 2.46. The Morgan fingerprint density at radius 2 is 1.97 bits per heavy atom. The van der Waals surface area contributed by atoms with Crippen LogP contribution in [-0.2, 0) is 14.3 Å². The molecule has 0 N–H and O–H groups in total. The minimum atomic E-state index is -0.503. The third kappa shape index (κ3) is 4.69. The van der Waals surface area contributed by atoms with Crippen molar-refractivity contribution >= 4 is 29.1 Å². The topological polar surface area (TPSA) is 66.9 Å². The average Bonchev–Trinajstić information content (AvgIpc) is 3.35. The number of hydrogen-bond acceptors (Lipinski definition) is 5. The van der Waals surface area contributed by atoms with Gasteiger partial charge in [-0.25, -0.2) is 0 Å². The molecule has 7 heteroatoms. The lowest BCUT2D eigenvalue weighted by atomic mass is 9.80. The highest BCUT2D eigenvalue weighted by molar-refractivity contribution is 7.10. The van der Waals surface area contributed by atoms with Crippen LogP contribution in [0, 0.1) is 11.8 Å². The van der Waals surface area contributed by atoms with Gasteiger partial charge < -0.3 is 14.5 Å². The molecule has 2 aromatic rings. The second-order valence-corrected chi connectivity index (χ2v) is 10.2. The predicted molar refractivity (Wildman–Crippen MR) is 128 cm³/mol. The molecule has 1 saturated heterocycles. The second-order valence-electron chi connectivity index (χ2n) is 9.25. The first-order chi connectivity index (χ1) is 15.9. The maximum absolute atomic E-state index is 14.1. The van der Waals surface area contributed by atoms with Crippen molar-refractivity contribution in [2.75, 3.05) is 26.2 Å². The van der Waals surface area contributed by atoms with Gasteiger partial charge in [0.05, 0.1) is 24.5 Å². The summed E-state index contributed by atoms with van der Waals surface area (Å²) in [5.41, 5.74) is 1.38. The fourth-order valence-electron chi connectivity index (χ4n) is 5.06. The Morgan fingerprint density at radius 1 is 1.18 bits per heavy atom. The van der Waals surface area contributed by atoms with Gasteiger partial charge in [-0.15, -0.1) is 11.3 Å². The third-order valence-electron chi connectivity index (χ3n) is 6.45. The average molecular weight is 469 g/mol. The molecule has 2 amide bonds. The second kappa shape index (κ2) is 10.1. The third-order valence-corrected chi connectivity index (χ3v) is 7.40. The number of hydrogen-bond donors (Lipinski definition) is 0. The molecule has 0 spiro atoms. The normalized spacial score (nSPS) is 22.9. The molecule has 0 unspecified atom stereocenters. The van der Waals surface area contributed by atoms with Crippen LogP contribution < -0.4 is 0 Å². The zero-order valence-corrected chi connectivity index (χ0v) is 20.3. The minimum absolute atomic E-state index is 0.0175. The van der Waals surface area contributed by atoms with Crippen molar-refractivity contribution < 1.29 is 19.1 Å². The van der Waals surface area contributed by atoms with Crippen molar-refractivity contribution in [2.24, 2.45) is 11.8 Å². The molecule has 4 rings (SSSR count). The van der Waals surface area contributed by atoms with Crippen molar-refractivity contribution in [3.8, 4) is 0 Å². The molecular formula is C26H32N2O4S. The highest BCUT2D eigenvalue weighted by Crippen LogP contribution is 2.45. The molecule has 0 bridgehead atoms. The summed E-state index contributed by atoms with van der Waals surface area (Å²) in [5.74, 6) is -0.806. The predicted octanol–water partition coefficient (Wildman–Crippen LogP) is 4.49. The van der Waals surface area contributed by atoms with Crippen LogP contribution in [0.1, 0.15) is 66.4 Å². The number of esters is 1. The quantitative estimate of drug-likeness (QED) is 0.586. The summed E-state index contributed by atoms with van der Waals surface area (Å²) in [7, 11) is 0. The summed E-state index contributed by atoms with van der Waals surface area (Å²) < 4.78 is 5.24. The zero-order chi connectivity index (χ0) is 23.5. The van der Waals surface area contributed by atoms with Crippen molar-refractivity contribution in [3.05, 3.63) is 57.8 Å². The summed E-state index contributed by atoms with van der Waals surface area (Å²) in [4.78, 5) is 44.8. The number of likely N-dealkylation sites (tertiary alicyclic amines) is 1. The minimum Gasteiger partial charge on any atom is -0.466 e. The van der Waals surface area contributed by atoms with Crippen LogP contribution in [0.3, 0.4) is 0 Å². The number of amides is 2. The summed E-state index contributed by atoms with van der Waals surface area (Å²) in [6.07, 6.45) is 1.50. The molecule has 3 atom stereocenters. The fourth-order valence-corrected chi connectivity index (χ4v) is 5.93. The maximum Gasteiger partial charge on any atom is 0.310 e. The number of piperidine rings is 1. The Balaban J connectivity index is 1.74. The molecule has 0 saturated carbocycles. The number of thiophene rings is 1. The van der Waals surface area contributed by atoms with Gasteiger partial charge >= 0.3 is 5.97 Å². The smallest absolute Gasteiger partial charge is 0.310 e. The molecule has 2 aliphatic heterocycles. The van der Waals surface area contributed by atoms with E-state index in [0.29, 0.717) is 31.8 Å². The summed E-state index contributed by atoms with van der Waals surface area (Å²) in [6, 6.07) is 11.1. The molecule has 1 fully saturated rings. The van der Waals surface area contributed by atoms with Gasteiger partial charge in [0.2, 0.25) is 5.91 Å². The first-order valence-corrected chi connectivity index (χ1v) is 12.7. The van der Waals surface area contributed by atoms with Gasteiger partial charge in [-0.3, -0.25) is 14.4 Å². The monoisotopic (exact) mass is 468 g/mol. The molecular weight excluding hydrogens is 436 g/mol. The Bertz CT molecular complexity index is 1000. The molecule has 176 valence electrons. The van der Waals surface area contributed by atoms with E-state index in [1.54, 1.807) is 18.3 Å². The van der Waals surface area contributed by atoms with Crippen molar-refractivity contribution in [3.63, 3.8) is 0 Å². The van der Waals surface area contributed by atoms with Gasteiger partial charge in [0, 0.05) is 30.1 Å². The molecule has 2 aliphatic rings.